The number of carbonyl (C=O) groups excluding carboxylic acids is 1. The Morgan fingerprint density at radius 2 is 1.89 bits per heavy atom. The van der Waals surface area contributed by atoms with Crippen LogP contribution >= 0.6 is 22.1 Å². The number of hydrogen-bond acceptors (Lipinski definition) is 8. The van der Waals surface area contributed by atoms with Crippen molar-refractivity contribution in [2.45, 2.75) is 36.1 Å². The van der Waals surface area contributed by atoms with E-state index in [4.69, 9.17) is 21.3 Å². The second kappa shape index (κ2) is 14.7. The Hall–Kier alpha value is -3.88. The second-order valence-corrected chi connectivity index (χ2v) is 15.2. The molecule has 0 radical (unpaired) electrons. The van der Waals surface area contributed by atoms with E-state index >= 15 is 0 Å². The van der Waals surface area contributed by atoms with Crippen LogP contribution in [0.3, 0.4) is 0 Å². The Morgan fingerprint density at radius 1 is 1.13 bits per heavy atom. The van der Waals surface area contributed by atoms with Gasteiger partial charge in [0.2, 0.25) is 0 Å². The first-order valence-electron chi connectivity index (χ1n) is 14.2. The van der Waals surface area contributed by atoms with E-state index in [1.54, 1.807) is 36.7 Å². The highest BCUT2D eigenvalue weighted by atomic mass is 35.5. The molecule has 46 heavy (non-hydrogen) atoms. The normalized spacial score (nSPS) is 15.9. The van der Waals surface area contributed by atoms with Crippen molar-refractivity contribution in [3.8, 4) is 5.75 Å². The Bertz CT molecular complexity index is 1950. The van der Waals surface area contributed by atoms with E-state index in [-0.39, 0.29) is 24.7 Å². The van der Waals surface area contributed by atoms with Gasteiger partial charge in [-0.3, -0.25) is 4.79 Å². The zero-order valence-electron chi connectivity index (χ0n) is 24.7. The molecule has 0 saturated heterocycles. The van der Waals surface area contributed by atoms with Crippen LogP contribution in [0.1, 0.15) is 16.7 Å². The molecule has 242 valence electrons. The van der Waals surface area contributed by atoms with Gasteiger partial charge in [-0.1, -0.05) is 54.1 Å². The van der Waals surface area contributed by atoms with Gasteiger partial charge >= 0.3 is 0 Å². The summed E-state index contributed by atoms with van der Waals surface area (Å²) in [6.07, 6.45) is 1.21. The lowest BCUT2D eigenvalue weighted by molar-refractivity contribution is -0.132. The predicted molar refractivity (Wildman–Crippen MR) is 176 cm³/mol. The van der Waals surface area contributed by atoms with Crippen molar-refractivity contribution in [1.82, 2.24) is 14.9 Å². The lowest BCUT2D eigenvalue weighted by Gasteiger charge is -2.23. The van der Waals surface area contributed by atoms with Crippen molar-refractivity contribution in [2.75, 3.05) is 18.6 Å². The van der Waals surface area contributed by atoms with Gasteiger partial charge in [-0.05, 0) is 46.8 Å². The molecule has 3 N–H and O–H groups in total. The molecule has 2 heterocycles. The molecule has 1 aromatic heterocycles. The van der Waals surface area contributed by atoms with Crippen molar-refractivity contribution in [1.29, 1.82) is 0 Å². The van der Waals surface area contributed by atoms with Gasteiger partial charge in [-0.25, -0.2) is 22.8 Å². The standard InChI is InChI=1S/C32H32ClFN4O6S2/c1-46(42,43)15-13-35-30(40)28(39)32(41)45-14-12-25-29(36-20-38(31(25)45)18-21-6-3-2-4-7-21)37-24-10-11-27(26(33)17-24)44-19-22-8-5-9-23(34)16-22/h2-11,14,16-17,20,28,32,39,41H,12-13,15,18-19H2,1H3,(H,35,40). The average molecular weight is 687 g/mol. The van der Waals surface area contributed by atoms with E-state index < -0.39 is 37.8 Å². The summed E-state index contributed by atoms with van der Waals surface area (Å²) in [5, 5.41) is 27.1. The van der Waals surface area contributed by atoms with Gasteiger partial charge in [0.05, 0.1) is 27.8 Å². The van der Waals surface area contributed by atoms with E-state index in [0.29, 0.717) is 51.1 Å². The van der Waals surface area contributed by atoms with Gasteiger partial charge in [-0.15, -0.1) is 10.5 Å². The van der Waals surface area contributed by atoms with Crippen molar-refractivity contribution in [2.24, 2.45) is 4.99 Å². The summed E-state index contributed by atoms with van der Waals surface area (Å²) in [5.74, 6) is -1.11. The van der Waals surface area contributed by atoms with Gasteiger partial charge in [0.1, 0.15) is 33.4 Å². The highest BCUT2D eigenvalue weighted by Crippen LogP contribution is 2.38. The number of nitrogens with one attached hydrogen (secondary N) is 1. The summed E-state index contributed by atoms with van der Waals surface area (Å²) in [6, 6.07) is 20.7. The molecule has 0 fully saturated rings. The van der Waals surface area contributed by atoms with E-state index in [9.17, 15) is 27.8 Å². The average Bonchev–Trinajstić information content (AvgIpc) is 3.47. The summed E-state index contributed by atoms with van der Waals surface area (Å²) in [5.41, 5.74) is 1.73. The number of benzene rings is 3. The minimum absolute atomic E-state index is 0.130. The minimum Gasteiger partial charge on any atom is -0.487 e. The van der Waals surface area contributed by atoms with E-state index in [0.717, 1.165) is 11.8 Å². The summed E-state index contributed by atoms with van der Waals surface area (Å²) in [4.78, 5) is 21.9. The molecule has 0 saturated carbocycles. The van der Waals surface area contributed by atoms with Crippen molar-refractivity contribution >= 4 is 48.9 Å². The number of rotatable bonds is 12. The number of aliphatic hydroxyl groups is 2. The molecule has 1 aliphatic heterocycles. The summed E-state index contributed by atoms with van der Waals surface area (Å²) in [7, 11) is -4.43. The fraction of sp³-hybridized carbons (Fsp3) is 0.250. The van der Waals surface area contributed by atoms with Gasteiger partial charge in [0.25, 0.3) is 5.91 Å². The first kappa shape index (κ1) is 33.5. The summed E-state index contributed by atoms with van der Waals surface area (Å²) < 4.78 is 44.0. The van der Waals surface area contributed by atoms with Crippen LogP contribution in [0.25, 0.3) is 0 Å². The molecular weight excluding hydrogens is 655 g/mol. The smallest absolute Gasteiger partial charge is 0.252 e. The highest BCUT2D eigenvalue weighted by Gasteiger charge is 2.32. The molecule has 5 rings (SSSR count). The number of hydrogen-bond donors (Lipinski definition) is 3. The van der Waals surface area contributed by atoms with Crippen LogP contribution in [0.5, 0.6) is 5.75 Å². The number of aromatic nitrogens is 2. The van der Waals surface area contributed by atoms with Crippen LogP contribution < -0.4 is 15.5 Å². The summed E-state index contributed by atoms with van der Waals surface area (Å²) >= 11 is 6.50. The van der Waals surface area contributed by atoms with Crippen LogP contribution in [0.4, 0.5) is 10.1 Å². The molecule has 3 aromatic carbocycles. The molecule has 0 aliphatic carbocycles. The SMILES string of the molecule is CS(=O)(=O)CCNC(=O)C(O)C(O)S1=CCc2c1n(Cc1ccccc1)cnc2=Nc1ccc(OCc2cccc(F)c2)c(Cl)c1. The Labute approximate surface area is 273 Å². The van der Waals surface area contributed by atoms with Crippen LogP contribution in [0.2, 0.25) is 5.02 Å². The first-order valence-corrected chi connectivity index (χ1v) is 18.0. The first-order chi connectivity index (χ1) is 22.0. The third-order valence-electron chi connectivity index (χ3n) is 7.00. The van der Waals surface area contributed by atoms with Crippen LogP contribution in [0.15, 0.2) is 89.1 Å². The number of amides is 1. The lowest BCUT2D eigenvalue weighted by Crippen LogP contribution is -2.43. The van der Waals surface area contributed by atoms with Crippen LogP contribution in [-0.4, -0.2) is 69.5 Å². The minimum atomic E-state index is -3.32. The molecule has 3 atom stereocenters. The molecular formula is C32H32ClFN4O6S2. The fourth-order valence-electron chi connectivity index (χ4n) is 4.75. The van der Waals surface area contributed by atoms with Crippen molar-refractivity contribution in [3.63, 3.8) is 0 Å². The number of nitrogens with zero attached hydrogens (tertiary/aromatic N) is 3. The van der Waals surface area contributed by atoms with E-state index in [1.165, 1.54) is 12.1 Å². The molecule has 1 aliphatic rings. The molecule has 10 nitrogen and oxygen atoms in total. The lowest BCUT2D eigenvalue weighted by atomic mass is 10.2. The van der Waals surface area contributed by atoms with Gasteiger partial charge in [0, 0.05) is 31.3 Å². The Morgan fingerprint density at radius 3 is 2.61 bits per heavy atom. The second-order valence-electron chi connectivity index (χ2n) is 10.6. The fourth-order valence-corrected chi connectivity index (χ4v) is 7.63. The number of aliphatic hydroxyl groups excluding tert-OH is 2. The molecule has 14 heteroatoms. The van der Waals surface area contributed by atoms with Crippen molar-refractivity contribution < 1.29 is 32.6 Å². The molecule has 3 unspecified atom stereocenters. The van der Waals surface area contributed by atoms with E-state index in [2.05, 4.69) is 10.3 Å². The van der Waals surface area contributed by atoms with E-state index in [1.807, 2.05) is 40.3 Å². The number of halogens is 2. The zero-order chi connectivity index (χ0) is 32.8. The molecule has 4 aromatic rings. The molecule has 0 bridgehead atoms. The Balaban J connectivity index is 1.43. The van der Waals surface area contributed by atoms with Crippen LogP contribution in [0, 0.1) is 5.82 Å². The van der Waals surface area contributed by atoms with Crippen LogP contribution in [-0.2, 0) is 34.2 Å². The topological polar surface area (TPSA) is 143 Å². The summed E-state index contributed by atoms with van der Waals surface area (Å²) in [6.45, 7) is 0.360. The quantitative estimate of drug-likeness (QED) is 0.153. The number of ether oxygens (including phenoxy) is 1. The maximum Gasteiger partial charge on any atom is 0.252 e. The van der Waals surface area contributed by atoms with Gasteiger partial charge in [-0.2, -0.15) is 0 Å². The predicted octanol–water partition coefficient (Wildman–Crippen LogP) is 3.36. The maximum absolute atomic E-state index is 13.5. The number of carbonyl (C=O) groups is 1. The van der Waals surface area contributed by atoms with Gasteiger partial charge in [0.15, 0.2) is 11.6 Å². The highest BCUT2D eigenvalue weighted by molar-refractivity contribution is 8.15. The number of fused-ring (bicyclic) bond motifs is 1. The monoisotopic (exact) mass is 686 g/mol. The third kappa shape index (κ3) is 8.47. The maximum atomic E-state index is 13.5. The molecule has 1 amide bonds. The number of sulfone groups is 1. The zero-order valence-corrected chi connectivity index (χ0v) is 27.1. The van der Waals surface area contributed by atoms with Crippen molar-refractivity contribution in [3.05, 3.63) is 112 Å². The largest absolute Gasteiger partial charge is 0.487 e. The molecule has 0 spiro atoms. The third-order valence-corrected chi connectivity index (χ3v) is 10.5. The van der Waals surface area contributed by atoms with Gasteiger partial charge < -0.3 is 24.8 Å². The Kier molecular flexibility index (Phi) is 10.7.